The van der Waals surface area contributed by atoms with E-state index in [1.54, 1.807) is 0 Å². The summed E-state index contributed by atoms with van der Waals surface area (Å²) in [7, 11) is 0. The molecule has 0 aromatic heterocycles. The van der Waals surface area contributed by atoms with Gasteiger partial charge in [-0.2, -0.15) is 0 Å². The van der Waals surface area contributed by atoms with E-state index in [2.05, 4.69) is 17.1 Å². The second-order valence-electron chi connectivity index (χ2n) is 12.9. The van der Waals surface area contributed by atoms with Crippen molar-refractivity contribution in [1.29, 1.82) is 0 Å². The van der Waals surface area contributed by atoms with E-state index < -0.39 is 0 Å². The number of unbranched alkanes of at least 4 members (excludes halogenated alkanes) is 4. The maximum atomic E-state index is 12.5. The molecule has 4 rings (SSSR count). The molecule has 1 saturated heterocycles. The third kappa shape index (κ3) is 10.6. The maximum absolute atomic E-state index is 12.5. The molecular weight excluding hydrogens is 496 g/mol. The van der Waals surface area contributed by atoms with Crippen LogP contribution in [-0.4, -0.2) is 43.3 Å². The minimum atomic E-state index is -0.361. The summed E-state index contributed by atoms with van der Waals surface area (Å²) < 4.78 is 11.5. The third-order valence-electron chi connectivity index (χ3n) is 10.0. The van der Waals surface area contributed by atoms with Gasteiger partial charge in [0.2, 0.25) is 0 Å². The van der Waals surface area contributed by atoms with Crippen molar-refractivity contribution >= 4 is 11.8 Å². The van der Waals surface area contributed by atoms with Crippen molar-refractivity contribution in [3.8, 4) is 5.75 Å². The predicted molar refractivity (Wildman–Crippen MR) is 166 cm³/mol. The molecule has 3 aliphatic rings. The Bertz CT molecular complexity index is 798. The van der Waals surface area contributed by atoms with Gasteiger partial charge in [0, 0.05) is 18.3 Å². The van der Waals surface area contributed by atoms with Gasteiger partial charge in [0.1, 0.15) is 12.4 Å². The highest BCUT2D eigenvalue weighted by molar-refractivity contribution is 5.84. The van der Waals surface area contributed by atoms with Gasteiger partial charge in [-0.15, -0.1) is 0 Å². The van der Waals surface area contributed by atoms with Gasteiger partial charge in [0.05, 0.1) is 6.61 Å². The zero-order valence-electron chi connectivity index (χ0n) is 25.6. The topological polar surface area (TPSA) is 50.8 Å². The van der Waals surface area contributed by atoms with Crippen LogP contribution in [0, 0.1) is 17.8 Å². The first-order chi connectivity index (χ1) is 19.7. The fraction of sp³-hybridized carbons (Fsp3) is 0.800. The van der Waals surface area contributed by atoms with Crippen LogP contribution in [0.15, 0.2) is 24.3 Å². The van der Waals surface area contributed by atoms with Crippen LogP contribution >= 0.6 is 0 Å². The highest BCUT2D eigenvalue weighted by Gasteiger charge is 2.35. The van der Waals surface area contributed by atoms with Gasteiger partial charge in [-0.05, 0) is 74.2 Å². The number of carbonyl (C=O) groups excluding carboxylic acids is 1. The molecule has 226 valence electrons. The lowest BCUT2D eigenvalue weighted by Crippen LogP contribution is -2.44. The van der Waals surface area contributed by atoms with E-state index in [9.17, 15) is 4.79 Å². The molecular formula is C35H58N2O3. The van der Waals surface area contributed by atoms with E-state index in [-0.39, 0.29) is 6.09 Å². The monoisotopic (exact) mass is 554 g/mol. The molecule has 0 bridgehead atoms. The number of piperidine rings is 1. The number of rotatable bonds is 15. The van der Waals surface area contributed by atoms with Crippen LogP contribution in [0.3, 0.4) is 0 Å². The summed E-state index contributed by atoms with van der Waals surface area (Å²) in [5.41, 5.74) is 0.749. The van der Waals surface area contributed by atoms with Crippen molar-refractivity contribution in [2.24, 2.45) is 17.8 Å². The first-order valence-electron chi connectivity index (χ1n) is 17.1. The number of amides is 1. The third-order valence-corrected chi connectivity index (χ3v) is 10.0. The average molecular weight is 555 g/mol. The lowest BCUT2D eigenvalue weighted by atomic mass is 9.67. The minimum Gasteiger partial charge on any atom is -0.494 e. The van der Waals surface area contributed by atoms with Gasteiger partial charge in [-0.1, -0.05) is 103 Å². The van der Waals surface area contributed by atoms with Crippen molar-refractivity contribution in [3.63, 3.8) is 0 Å². The van der Waals surface area contributed by atoms with Crippen LogP contribution in [0.2, 0.25) is 0 Å². The molecule has 2 saturated carbocycles. The SMILES string of the molecule is CCCCCCCOc1ccc(NC(=O)OCCN2CCCCC2CC(C2CCCCC2)C2CCCCC2)cc1. The molecule has 1 unspecified atom stereocenters. The second-order valence-corrected chi connectivity index (χ2v) is 12.9. The summed E-state index contributed by atoms with van der Waals surface area (Å²) in [4.78, 5) is 15.2. The van der Waals surface area contributed by atoms with E-state index in [1.807, 2.05) is 24.3 Å². The van der Waals surface area contributed by atoms with Crippen LogP contribution in [0.4, 0.5) is 10.5 Å². The predicted octanol–water partition coefficient (Wildman–Crippen LogP) is 9.61. The molecule has 2 aliphatic carbocycles. The molecule has 1 atom stereocenters. The van der Waals surface area contributed by atoms with E-state index in [0.29, 0.717) is 12.6 Å². The van der Waals surface area contributed by atoms with Crippen molar-refractivity contribution in [2.45, 2.75) is 135 Å². The molecule has 1 aliphatic heterocycles. The van der Waals surface area contributed by atoms with Crippen LogP contribution in [0.25, 0.3) is 0 Å². The lowest BCUT2D eigenvalue weighted by Gasteiger charge is -2.43. The number of hydrogen-bond donors (Lipinski definition) is 1. The van der Waals surface area contributed by atoms with Crippen molar-refractivity contribution in [1.82, 2.24) is 4.90 Å². The Kier molecular flexibility index (Phi) is 14.0. The first-order valence-corrected chi connectivity index (χ1v) is 17.1. The smallest absolute Gasteiger partial charge is 0.411 e. The number of benzene rings is 1. The zero-order chi connectivity index (χ0) is 27.8. The molecule has 1 heterocycles. The highest BCUT2D eigenvalue weighted by Crippen LogP contribution is 2.43. The number of nitrogens with one attached hydrogen (secondary N) is 1. The molecule has 0 radical (unpaired) electrons. The summed E-state index contributed by atoms with van der Waals surface area (Å²) in [5, 5.41) is 2.89. The Balaban J connectivity index is 1.19. The Hall–Kier alpha value is -1.75. The summed E-state index contributed by atoms with van der Waals surface area (Å²) in [5.74, 6) is 3.66. The van der Waals surface area contributed by atoms with Crippen LogP contribution < -0.4 is 10.1 Å². The van der Waals surface area contributed by atoms with Gasteiger partial charge in [0.25, 0.3) is 0 Å². The number of hydrogen-bond acceptors (Lipinski definition) is 4. The van der Waals surface area contributed by atoms with Gasteiger partial charge in [-0.25, -0.2) is 4.79 Å². The molecule has 0 spiro atoms. The zero-order valence-corrected chi connectivity index (χ0v) is 25.6. The number of likely N-dealkylation sites (tertiary alicyclic amines) is 1. The molecule has 5 nitrogen and oxygen atoms in total. The lowest BCUT2D eigenvalue weighted by molar-refractivity contribution is 0.0553. The molecule has 1 aromatic rings. The first kappa shape index (κ1) is 31.2. The van der Waals surface area contributed by atoms with Crippen molar-refractivity contribution < 1.29 is 14.3 Å². The number of anilines is 1. The Labute approximate surface area is 245 Å². The Morgan fingerprint density at radius 1 is 0.825 bits per heavy atom. The summed E-state index contributed by atoms with van der Waals surface area (Å²) in [6, 6.07) is 8.30. The number of nitrogens with zero attached hydrogens (tertiary/aromatic N) is 1. The van der Waals surface area contributed by atoms with Crippen molar-refractivity contribution in [3.05, 3.63) is 24.3 Å². The van der Waals surface area contributed by atoms with Crippen LogP contribution in [0.5, 0.6) is 5.75 Å². The highest BCUT2D eigenvalue weighted by atomic mass is 16.5. The normalized spacial score (nSPS) is 21.4. The van der Waals surface area contributed by atoms with E-state index in [4.69, 9.17) is 9.47 Å². The summed E-state index contributed by atoms with van der Waals surface area (Å²) in [6.07, 6.45) is 25.6. The fourth-order valence-corrected chi connectivity index (χ4v) is 7.77. The molecule has 40 heavy (non-hydrogen) atoms. The fourth-order valence-electron chi connectivity index (χ4n) is 7.77. The summed E-state index contributed by atoms with van der Waals surface area (Å²) in [6.45, 7) is 5.44. The van der Waals surface area contributed by atoms with Crippen LogP contribution in [0.1, 0.15) is 129 Å². The van der Waals surface area contributed by atoms with Gasteiger partial charge in [-0.3, -0.25) is 10.2 Å². The summed E-state index contributed by atoms with van der Waals surface area (Å²) >= 11 is 0. The Morgan fingerprint density at radius 2 is 1.48 bits per heavy atom. The largest absolute Gasteiger partial charge is 0.494 e. The van der Waals surface area contributed by atoms with E-state index in [0.717, 1.165) is 55.3 Å². The number of carbonyl (C=O) groups is 1. The Morgan fingerprint density at radius 3 is 2.15 bits per heavy atom. The minimum absolute atomic E-state index is 0.361. The molecule has 5 heteroatoms. The maximum Gasteiger partial charge on any atom is 0.411 e. The molecule has 1 aromatic carbocycles. The number of ether oxygens (including phenoxy) is 2. The molecule has 3 fully saturated rings. The van der Waals surface area contributed by atoms with Gasteiger partial charge in [0.15, 0.2) is 0 Å². The average Bonchev–Trinajstić information content (AvgIpc) is 3.00. The van der Waals surface area contributed by atoms with E-state index in [1.165, 1.54) is 116 Å². The quantitative estimate of drug-likeness (QED) is 0.219. The standard InChI is InChI=1S/C35H58N2O3/c1-2-3-4-5-14-26-39-33-22-20-31(21-23-33)36-35(38)40-27-25-37-24-13-12-19-32(37)28-34(29-15-8-6-9-16-29)30-17-10-7-11-18-30/h20-23,29-30,32,34H,2-19,24-28H2,1H3,(H,36,38). The molecule has 1 amide bonds. The molecule has 1 N–H and O–H groups in total. The van der Waals surface area contributed by atoms with Crippen molar-refractivity contribution in [2.75, 3.05) is 31.6 Å². The van der Waals surface area contributed by atoms with Gasteiger partial charge >= 0.3 is 6.09 Å². The second kappa shape index (κ2) is 17.9. The van der Waals surface area contributed by atoms with Gasteiger partial charge < -0.3 is 9.47 Å². The van der Waals surface area contributed by atoms with Crippen LogP contribution in [-0.2, 0) is 4.74 Å². The van der Waals surface area contributed by atoms with E-state index >= 15 is 0 Å².